The lowest BCUT2D eigenvalue weighted by Crippen LogP contribution is -2.54. The van der Waals surface area contributed by atoms with Gasteiger partial charge in [0.1, 0.15) is 4.90 Å². The van der Waals surface area contributed by atoms with Crippen LogP contribution in [0.15, 0.2) is 53.4 Å². The zero-order chi connectivity index (χ0) is 21.0. The number of hydrogen-bond donors (Lipinski definition) is 1. The largest absolute Gasteiger partial charge is 0.351 e. The highest BCUT2D eigenvalue weighted by Crippen LogP contribution is 2.25. The highest BCUT2D eigenvalue weighted by atomic mass is 35.5. The predicted octanol–water partition coefficient (Wildman–Crippen LogP) is 3.00. The molecule has 2 aromatic carbocycles. The Morgan fingerprint density at radius 1 is 1.00 bits per heavy atom. The molecular formula is C20H23Cl2N3O3S. The van der Waals surface area contributed by atoms with Crippen LogP contribution in [0.1, 0.15) is 12.5 Å². The van der Waals surface area contributed by atoms with Gasteiger partial charge in [-0.25, -0.2) is 8.42 Å². The van der Waals surface area contributed by atoms with E-state index in [9.17, 15) is 13.2 Å². The van der Waals surface area contributed by atoms with E-state index in [1.165, 1.54) is 10.4 Å². The second kappa shape index (κ2) is 9.45. The second-order valence-corrected chi connectivity index (χ2v) is 9.58. The van der Waals surface area contributed by atoms with Crippen LogP contribution in [0.4, 0.5) is 0 Å². The number of carbonyl (C=O) groups is 1. The maximum absolute atomic E-state index is 12.8. The van der Waals surface area contributed by atoms with Crippen molar-refractivity contribution in [2.24, 2.45) is 0 Å². The number of nitrogens with one attached hydrogen (secondary N) is 1. The minimum atomic E-state index is -3.65. The fraction of sp³-hybridized carbons (Fsp3) is 0.350. The summed E-state index contributed by atoms with van der Waals surface area (Å²) in [7, 11) is -3.65. The van der Waals surface area contributed by atoms with Gasteiger partial charge in [0, 0.05) is 37.7 Å². The van der Waals surface area contributed by atoms with Crippen molar-refractivity contribution in [2.45, 2.75) is 24.4 Å². The third-order valence-corrected chi connectivity index (χ3v) is 7.83. The van der Waals surface area contributed by atoms with Gasteiger partial charge in [0.2, 0.25) is 15.9 Å². The Morgan fingerprint density at radius 3 is 2.21 bits per heavy atom. The first-order chi connectivity index (χ1) is 13.8. The van der Waals surface area contributed by atoms with Gasteiger partial charge in [-0.1, -0.05) is 53.5 Å². The Morgan fingerprint density at radius 2 is 1.59 bits per heavy atom. The van der Waals surface area contributed by atoms with Gasteiger partial charge in [0.25, 0.3) is 0 Å². The summed E-state index contributed by atoms with van der Waals surface area (Å²) in [5, 5.41) is 3.72. The van der Waals surface area contributed by atoms with Crippen molar-refractivity contribution in [3.8, 4) is 0 Å². The number of piperazine rings is 1. The molecular weight excluding hydrogens is 433 g/mol. The summed E-state index contributed by atoms with van der Waals surface area (Å²) < 4.78 is 27.1. The van der Waals surface area contributed by atoms with E-state index >= 15 is 0 Å². The molecule has 9 heteroatoms. The first-order valence-electron chi connectivity index (χ1n) is 9.30. The smallest absolute Gasteiger partial charge is 0.244 e. The average molecular weight is 456 g/mol. The average Bonchev–Trinajstić information content (AvgIpc) is 2.72. The summed E-state index contributed by atoms with van der Waals surface area (Å²) >= 11 is 12.2. The molecule has 6 nitrogen and oxygen atoms in total. The lowest BCUT2D eigenvalue weighted by Gasteiger charge is -2.36. The molecule has 1 aliphatic heterocycles. The van der Waals surface area contributed by atoms with Gasteiger partial charge in [0.05, 0.1) is 11.1 Å². The van der Waals surface area contributed by atoms with Crippen LogP contribution in [0.25, 0.3) is 0 Å². The van der Waals surface area contributed by atoms with Crippen molar-refractivity contribution in [1.29, 1.82) is 0 Å². The first-order valence-corrected chi connectivity index (χ1v) is 11.5. The summed E-state index contributed by atoms with van der Waals surface area (Å²) in [4.78, 5) is 14.6. The van der Waals surface area contributed by atoms with Crippen molar-refractivity contribution in [2.75, 3.05) is 26.2 Å². The van der Waals surface area contributed by atoms with Crippen molar-refractivity contribution in [3.05, 3.63) is 64.1 Å². The van der Waals surface area contributed by atoms with Gasteiger partial charge >= 0.3 is 0 Å². The van der Waals surface area contributed by atoms with Gasteiger partial charge in [-0.15, -0.1) is 0 Å². The van der Waals surface area contributed by atoms with Gasteiger partial charge in [-0.2, -0.15) is 4.31 Å². The molecule has 1 saturated heterocycles. The van der Waals surface area contributed by atoms with E-state index in [2.05, 4.69) is 5.32 Å². The van der Waals surface area contributed by atoms with Crippen LogP contribution in [-0.4, -0.2) is 55.8 Å². The minimum absolute atomic E-state index is 0.112. The molecule has 1 atom stereocenters. The van der Waals surface area contributed by atoms with Gasteiger partial charge in [0.15, 0.2) is 0 Å². The van der Waals surface area contributed by atoms with Crippen molar-refractivity contribution in [1.82, 2.24) is 14.5 Å². The molecule has 0 bridgehead atoms. The lowest BCUT2D eigenvalue weighted by molar-refractivity contribution is -0.126. The highest BCUT2D eigenvalue weighted by Gasteiger charge is 2.32. The minimum Gasteiger partial charge on any atom is -0.351 e. The van der Waals surface area contributed by atoms with E-state index in [4.69, 9.17) is 23.2 Å². The zero-order valence-corrected chi connectivity index (χ0v) is 18.3. The summed E-state index contributed by atoms with van der Waals surface area (Å²) in [5.41, 5.74) is 0.852. The number of amides is 1. The topological polar surface area (TPSA) is 69.7 Å². The van der Waals surface area contributed by atoms with Crippen LogP contribution < -0.4 is 5.32 Å². The number of nitrogens with zero attached hydrogens (tertiary/aromatic N) is 2. The SMILES string of the molecule is CC(C(=O)NCc1ccccc1Cl)N1CCN(S(=O)(=O)c2ccccc2Cl)CC1. The van der Waals surface area contributed by atoms with Gasteiger partial charge < -0.3 is 5.32 Å². The van der Waals surface area contributed by atoms with E-state index in [1.807, 2.05) is 30.0 Å². The second-order valence-electron chi connectivity index (χ2n) is 6.86. The van der Waals surface area contributed by atoms with Crippen molar-refractivity contribution in [3.63, 3.8) is 0 Å². The number of carbonyl (C=O) groups excluding carboxylic acids is 1. The van der Waals surface area contributed by atoms with E-state index in [-0.39, 0.29) is 21.9 Å². The zero-order valence-electron chi connectivity index (χ0n) is 16.0. The molecule has 1 unspecified atom stereocenters. The quantitative estimate of drug-likeness (QED) is 0.726. The molecule has 156 valence electrons. The van der Waals surface area contributed by atoms with Gasteiger partial charge in [-0.3, -0.25) is 9.69 Å². The fourth-order valence-corrected chi connectivity index (χ4v) is 5.38. The normalized spacial score (nSPS) is 17.1. The van der Waals surface area contributed by atoms with Crippen LogP contribution in [0.2, 0.25) is 10.0 Å². The molecule has 1 heterocycles. The molecule has 1 fully saturated rings. The third kappa shape index (κ3) is 5.10. The lowest BCUT2D eigenvalue weighted by atomic mass is 10.2. The number of halogens is 2. The van der Waals surface area contributed by atoms with Crippen molar-refractivity contribution < 1.29 is 13.2 Å². The monoisotopic (exact) mass is 455 g/mol. The Balaban J connectivity index is 1.56. The Hall–Kier alpha value is -1.64. The van der Waals surface area contributed by atoms with E-state index in [1.54, 1.807) is 24.3 Å². The third-order valence-electron chi connectivity index (χ3n) is 5.07. The first kappa shape index (κ1) is 22.1. The molecule has 1 N–H and O–H groups in total. The Kier molecular flexibility index (Phi) is 7.19. The Bertz CT molecular complexity index is 976. The van der Waals surface area contributed by atoms with E-state index in [0.29, 0.717) is 37.7 Å². The molecule has 1 amide bonds. The fourth-order valence-electron chi connectivity index (χ4n) is 3.26. The van der Waals surface area contributed by atoms with E-state index < -0.39 is 10.0 Å². The molecule has 0 spiro atoms. The molecule has 0 aliphatic carbocycles. The molecule has 3 rings (SSSR count). The number of sulfonamides is 1. The maximum Gasteiger partial charge on any atom is 0.244 e. The summed E-state index contributed by atoms with van der Waals surface area (Å²) in [6.07, 6.45) is 0. The summed E-state index contributed by atoms with van der Waals surface area (Å²) in [6, 6.07) is 13.4. The molecule has 29 heavy (non-hydrogen) atoms. The van der Waals surface area contributed by atoms with Crippen LogP contribution >= 0.6 is 23.2 Å². The molecule has 0 saturated carbocycles. The number of hydrogen-bond acceptors (Lipinski definition) is 4. The van der Waals surface area contributed by atoms with E-state index in [0.717, 1.165) is 5.56 Å². The Labute approximate surface area is 181 Å². The van der Waals surface area contributed by atoms with Crippen molar-refractivity contribution >= 4 is 39.1 Å². The van der Waals surface area contributed by atoms with Crippen LogP contribution in [0, 0.1) is 0 Å². The molecule has 0 radical (unpaired) electrons. The molecule has 2 aromatic rings. The van der Waals surface area contributed by atoms with Crippen LogP contribution in [0.5, 0.6) is 0 Å². The molecule has 1 aliphatic rings. The number of rotatable bonds is 6. The number of benzene rings is 2. The van der Waals surface area contributed by atoms with Gasteiger partial charge in [-0.05, 0) is 30.7 Å². The standard InChI is InChI=1S/C20H23Cl2N3O3S/c1-15(20(26)23-14-16-6-2-3-7-17(16)21)24-10-12-25(13-11-24)29(27,28)19-9-5-4-8-18(19)22/h2-9,15H,10-14H2,1H3,(H,23,26). The highest BCUT2D eigenvalue weighted by molar-refractivity contribution is 7.89. The van der Waals surface area contributed by atoms with Crippen LogP contribution in [0.3, 0.4) is 0 Å². The van der Waals surface area contributed by atoms with Crippen LogP contribution in [-0.2, 0) is 21.4 Å². The summed E-state index contributed by atoms with van der Waals surface area (Å²) in [5.74, 6) is -0.118. The summed E-state index contributed by atoms with van der Waals surface area (Å²) in [6.45, 7) is 3.70. The molecule has 0 aromatic heterocycles. The maximum atomic E-state index is 12.8. The predicted molar refractivity (Wildman–Crippen MR) is 115 cm³/mol.